The number of phenolic OH excluding ortho intramolecular Hbond substituents is 1. The van der Waals surface area contributed by atoms with E-state index in [0.717, 1.165) is 5.56 Å². The van der Waals surface area contributed by atoms with Gasteiger partial charge in [0.25, 0.3) is 5.22 Å². The summed E-state index contributed by atoms with van der Waals surface area (Å²) in [4.78, 5) is 0. The highest BCUT2D eigenvalue weighted by Gasteiger charge is 2.13. The number of rotatable bonds is 5. The van der Waals surface area contributed by atoms with E-state index in [4.69, 9.17) is 4.42 Å². The molecule has 0 aliphatic rings. The lowest BCUT2D eigenvalue weighted by molar-refractivity contribution is 0.452. The van der Waals surface area contributed by atoms with E-state index in [9.17, 15) is 5.11 Å². The van der Waals surface area contributed by atoms with Crippen LogP contribution in [-0.4, -0.2) is 30.2 Å². The molecule has 2 N–H and O–H groups in total. The first-order valence-corrected chi connectivity index (χ1v) is 6.92. The molecule has 3 rings (SSSR count). The minimum Gasteiger partial charge on any atom is -0.508 e. The summed E-state index contributed by atoms with van der Waals surface area (Å²) >= 11 is 1.21. The fourth-order valence-corrected chi connectivity index (χ4v) is 2.41. The lowest BCUT2D eigenvalue weighted by atomic mass is 10.2. The molecule has 2 aromatic heterocycles. The summed E-state index contributed by atoms with van der Waals surface area (Å²) in [6.45, 7) is 2.26. The van der Waals surface area contributed by atoms with Gasteiger partial charge in [0.05, 0.1) is 6.54 Å². The summed E-state index contributed by atoms with van der Waals surface area (Å²) in [5.74, 6) is 0.925. The number of nitrogens with one attached hydrogen (secondary N) is 1. The number of hydrogen-bond acceptors (Lipinski definition) is 8. The molecule has 0 bridgehead atoms. The molecule has 0 saturated carbocycles. The van der Waals surface area contributed by atoms with Crippen molar-refractivity contribution in [1.82, 2.24) is 25.1 Å². The molecule has 1 aromatic carbocycles. The quantitative estimate of drug-likeness (QED) is 0.732. The molecule has 2 heterocycles. The maximum absolute atomic E-state index is 9.77. The monoisotopic (exact) mass is 304 g/mol. The van der Waals surface area contributed by atoms with E-state index in [1.807, 2.05) is 19.1 Å². The Kier molecular flexibility index (Phi) is 3.73. The van der Waals surface area contributed by atoms with Gasteiger partial charge >= 0.3 is 0 Å². The maximum Gasteiger partial charge on any atom is 0.284 e. The first-order chi connectivity index (χ1) is 10.2. The minimum absolute atomic E-state index is 0.238. The van der Waals surface area contributed by atoms with Crippen LogP contribution in [0.15, 0.2) is 45.5 Å². The predicted molar refractivity (Wildman–Crippen MR) is 74.4 cm³/mol. The zero-order valence-electron chi connectivity index (χ0n) is 11.1. The average molecular weight is 304 g/mol. The van der Waals surface area contributed by atoms with Crippen LogP contribution in [0.5, 0.6) is 5.75 Å². The average Bonchev–Trinajstić information content (AvgIpc) is 3.10. The highest BCUT2D eigenvalue weighted by Crippen LogP contribution is 2.24. The smallest absolute Gasteiger partial charge is 0.284 e. The molecule has 0 aliphatic heterocycles. The van der Waals surface area contributed by atoms with Crippen LogP contribution in [0.1, 0.15) is 11.4 Å². The van der Waals surface area contributed by atoms with Gasteiger partial charge in [0, 0.05) is 17.3 Å². The second-order valence-corrected chi connectivity index (χ2v) is 5.05. The van der Waals surface area contributed by atoms with E-state index in [-0.39, 0.29) is 5.75 Å². The van der Waals surface area contributed by atoms with Crippen molar-refractivity contribution in [3.63, 3.8) is 0 Å². The van der Waals surface area contributed by atoms with Gasteiger partial charge in [0.15, 0.2) is 0 Å². The SMILES string of the molecule is Cc1nnc(Sc2nnco2)n1NCc1ccccc1O. The first-order valence-electron chi connectivity index (χ1n) is 6.11. The molecule has 0 amide bonds. The molecular weight excluding hydrogens is 292 g/mol. The maximum atomic E-state index is 9.77. The van der Waals surface area contributed by atoms with Gasteiger partial charge in [-0.2, -0.15) is 0 Å². The Morgan fingerprint density at radius 1 is 1.29 bits per heavy atom. The largest absolute Gasteiger partial charge is 0.508 e. The second kappa shape index (κ2) is 5.83. The minimum atomic E-state index is 0.238. The van der Waals surface area contributed by atoms with Crippen LogP contribution in [0.4, 0.5) is 0 Å². The Balaban J connectivity index is 1.76. The number of hydrogen-bond donors (Lipinski definition) is 2. The molecule has 0 aliphatic carbocycles. The van der Waals surface area contributed by atoms with Crippen LogP contribution in [-0.2, 0) is 6.54 Å². The Morgan fingerprint density at radius 2 is 2.14 bits per heavy atom. The van der Waals surface area contributed by atoms with Crippen molar-refractivity contribution in [2.75, 3.05) is 5.43 Å². The summed E-state index contributed by atoms with van der Waals surface area (Å²) < 4.78 is 6.79. The van der Waals surface area contributed by atoms with E-state index in [2.05, 4.69) is 25.8 Å². The number of nitrogens with zero attached hydrogens (tertiary/aromatic N) is 5. The van der Waals surface area contributed by atoms with Gasteiger partial charge in [0.2, 0.25) is 11.6 Å². The number of aromatic hydroxyl groups is 1. The third-order valence-electron chi connectivity index (χ3n) is 2.73. The standard InChI is InChI=1S/C12H12N6O2S/c1-8-15-16-11(21-12-17-13-7-20-12)18(8)14-6-9-4-2-3-5-10(9)19/h2-5,7,14,19H,6H2,1H3. The molecule has 0 unspecified atom stereocenters. The van der Waals surface area contributed by atoms with Crippen LogP contribution in [0.25, 0.3) is 0 Å². The van der Waals surface area contributed by atoms with Crippen LogP contribution in [0, 0.1) is 6.92 Å². The summed E-state index contributed by atoms with van der Waals surface area (Å²) in [5.41, 5.74) is 3.93. The van der Waals surface area contributed by atoms with Gasteiger partial charge in [-0.05, 0) is 13.0 Å². The van der Waals surface area contributed by atoms with Crippen LogP contribution in [0.3, 0.4) is 0 Å². The van der Waals surface area contributed by atoms with E-state index in [1.54, 1.807) is 16.8 Å². The second-order valence-electron chi connectivity index (χ2n) is 4.14. The van der Waals surface area contributed by atoms with Gasteiger partial charge in [-0.15, -0.1) is 20.4 Å². The van der Waals surface area contributed by atoms with Crippen molar-refractivity contribution >= 4 is 11.8 Å². The Morgan fingerprint density at radius 3 is 2.90 bits per heavy atom. The van der Waals surface area contributed by atoms with Crippen LogP contribution in [0.2, 0.25) is 0 Å². The predicted octanol–water partition coefficient (Wildman–Crippen LogP) is 1.57. The van der Waals surface area contributed by atoms with Crippen molar-refractivity contribution in [1.29, 1.82) is 0 Å². The molecule has 0 radical (unpaired) electrons. The third-order valence-corrected chi connectivity index (χ3v) is 3.53. The number of aryl methyl sites for hydroxylation is 1. The van der Waals surface area contributed by atoms with Crippen molar-refractivity contribution in [2.45, 2.75) is 23.8 Å². The molecule has 21 heavy (non-hydrogen) atoms. The van der Waals surface area contributed by atoms with Crippen molar-refractivity contribution in [3.8, 4) is 5.75 Å². The van der Waals surface area contributed by atoms with Crippen LogP contribution < -0.4 is 5.43 Å². The summed E-state index contributed by atoms with van der Waals surface area (Å²) in [6, 6.07) is 7.13. The summed E-state index contributed by atoms with van der Waals surface area (Å²) in [5, 5.41) is 26.2. The molecule has 3 aromatic rings. The van der Waals surface area contributed by atoms with Crippen LogP contribution >= 0.6 is 11.8 Å². The Hall–Kier alpha value is -2.55. The lowest BCUT2D eigenvalue weighted by Gasteiger charge is -2.11. The molecular formula is C12H12N6O2S. The molecule has 0 fully saturated rings. The fourth-order valence-electron chi connectivity index (χ4n) is 1.70. The van der Waals surface area contributed by atoms with E-state index < -0.39 is 0 Å². The zero-order chi connectivity index (χ0) is 14.7. The first kappa shape index (κ1) is 13.4. The molecule has 0 spiro atoms. The molecule has 108 valence electrons. The lowest BCUT2D eigenvalue weighted by Crippen LogP contribution is -2.17. The highest BCUT2D eigenvalue weighted by atomic mass is 32.2. The zero-order valence-corrected chi connectivity index (χ0v) is 11.9. The van der Waals surface area contributed by atoms with Crippen molar-refractivity contribution in [2.24, 2.45) is 0 Å². The Labute approximate surface area is 124 Å². The highest BCUT2D eigenvalue weighted by molar-refractivity contribution is 7.98. The molecule has 9 heteroatoms. The number of benzene rings is 1. The van der Waals surface area contributed by atoms with Gasteiger partial charge < -0.3 is 14.9 Å². The Bertz CT molecular complexity index is 727. The van der Waals surface area contributed by atoms with E-state index >= 15 is 0 Å². The van der Waals surface area contributed by atoms with Gasteiger partial charge in [-0.1, -0.05) is 18.2 Å². The molecule has 0 saturated heterocycles. The topological polar surface area (TPSA) is 102 Å². The molecule has 8 nitrogen and oxygen atoms in total. The summed E-state index contributed by atoms with van der Waals surface area (Å²) in [7, 11) is 0. The van der Waals surface area contributed by atoms with Gasteiger partial charge in [0.1, 0.15) is 11.6 Å². The fraction of sp³-hybridized carbons (Fsp3) is 0.167. The number of para-hydroxylation sites is 1. The molecule has 0 atom stereocenters. The normalized spacial score (nSPS) is 10.7. The van der Waals surface area contributed by atoms with Gasteiger partial charge in [-0.3, -0.25) is 0 Å². The van der Waals surface area contributed by atoms with Gasteiger partial charge in [-0.25, -0.2) is 4.68 Å². The third kappa shape index (κ3) is 2.97. The number of phenols is 1. The summed E-state index contributed by atoms with van der Waals surface area (Å²) in [6.07, 6.45) is 1.26. The van der Waals surface area contributed by atoms with E-state index in [0.29, 0.717) is 22.7 Å². The van der Waals surface area contributed by atoms with E-state index in [1.165, 1.54) is 18.2 Å². The van der Waals surface area contributed by atoms with Crippen molar-refractivity contribution < 1.29 is 9.52 Å². The number of aromatic nitrogens is 5. The van der Waals surface area contributed by atoms with Crippen molar-refractivity contribution in [3.05, 3.63) is 42.0 Å².